The molecule has 0 atom stereocenters. The third-order valence-electron chi connectivity index (χ3n) is 4.86. The summed E-state index contributed by atoms with van der Waals surface area (Å²) in [6.45, 7) is 3.08. The summed E-state index contributed by atoms with van der Waals surface area (Å²) in [4.78, 5) is 15.0. The van der Waals surface area contributed by atoms with E-state index in [-0.39, 0.29) is 5.56 Å². The van der Waals surface area contributed by atoms with E-state index >= 15 is 0 Å². The van der Waals surface area contributed by atoms with Gasteiger partial charge < -0.3 is 9.64 Å². The molecule has 1 aliphatic heterocycles. The Morgan fingerprint density at radius 2 is 1.84 bits per heavy atom. The molecule has 130 valence electrons. The van der Waals surface area contributed by atoms with Crippen molar-refractivity contribution in [3.63, 3.8) is 0 Å². The van der Waals surface area contributed by atoms with Gasteiger partial charge in [-0.2, -0.15) is 0 Å². The molecular weight excluding hydrogens is 332 g/mol. The van der Waals surface area contributed by atoms with Gasteiger partial charge in [0.25, 0.3) is 5.56 Å². The second-order valence-electron chi connectivity index (χ2n) is 6.78. The van der Waals surface area contributed by atoms with Crippen molar-refractivity contribution in [2.24, 2.45) is 5.92 Å². The summed E-state index contributed by atoms with van der Waals surface area (Å²) in [5.74, 6) is 2.17. The number of nitrogens with zero attached hydrogens (tertiary/aromatic N) is 2. The number of hydrogen-bond donors (Lipinski definition) is 0. The molecule has 0 N–H and O–H groups in total. The van der Waals surface area contributed by atoms with E-state index in [1.54, 1.807) is 11.5 Å². The van der Waals surface area contributed by atoms with Crippen molar-refractivity contribution in [1.82, 2.24) is 8.86 Å². The molecular formula is C20H22N2O2S. The zero-order chi connectivity index (χ0) is 17.2. The standard InChI is InChI=1S/C20H22N2O2S/c1-21-11-9-15(10-12-21)14-22-20(23)18-8-7-17(13-19(18)25-22)24-16-5-3-2-4-6-16/h2-8,13,15H,9-12,14H2,1H3. The first kappa shape index (κ1) is 16.4. The molecule has 0 aliphatic carbocycles. The molecule has 1 fully saturated rings. The maximum Gasteiger partial charge on any atom is 0.268 e. The lowest BCUT2D eigenvalue weighted by Crippen LogP contribution is -2.32. The van der Waals surface area contributed by atoms with Crippen LogP contribution in [0.5, 0.6) is 11.5 Å². The molecule has 25 heavy (non-hydrogen) atoms. The minimum Gasteiger partial charge on any atom is -0.457 e. The number of aromatic nitrogens is 1. The van der Waals surface area contributed by atoms with E-state index in [1.807, 2.05) is 52.5 Å². The average molecular weight is 354 g/mol. The van der Waals surface area contributed by atoms with Gasteiger partial charge in [0, 0.05) is 12.6 Å². The van der Waals surface area contributed by atoms with Crippen LogP contribution in [0.25, 0.3) is 10.1 Å². The van der Waals surface area contributed by atoms with Crippen LogP contribution in [0.15, 0.2) is 53.3 Å². The van der Waals surface area contributed by atoms with E-state index in [4.69, 9.17) is 4.74 Å². The molecule has 1 saturated heterocycles. The largest absolute Gasteiger partial charge is 0.457 e. The van der Waals surface area contributed by atoms with E-state index < -0.39 is 0 Å². The summed E-state index contributed by atoms with van der Waals surface area (Å²) in [6, 6.07) is 15.5. The monoisotopic (exact) mass is 354 g/mol. The Morgan fingerprint density at radius 1 is 1.08 bits per heavy atom. The predicted molar refractivity (Wildman–Crippen MR) is 103 cm³/mol. The van der Waals surface area contributed by atoms with Gasteiger partial charge in [-0.15, -0.1) is 0 Å². The van der Waals surface area contributed by atoms with Crippen molar-refractivity contribution in [3.05, 3.63) is 58.9 Å². The first-order valence-electron chi connectivity index (χ1n) is 8.74. The molecule has 0 saturated carbocycles. The van der Waals surface area contributed by atoms with Crippen LogP contribution < -0.4 is 10.3 Å². The highest BCUT2D eigenvalue weighted by atomic mass is 32.1. The van der Waals surface area contributed by atoms with Crippen LogP contribution in [0.1, 0.15) is 12.8 Å². The van der Waals surface area contributed by atoms with Gasteiger partial charge in [-0.1, -0.05) is 29.7 Å². The van der Waals surface area contributed by atoms with Crippen molar-refractivity contribution < 1.29 is 4.74 Å². The molecule has 0 radical (unpaired) electrons. The van der Waals surface area contributed by atoms with Crippen molar-refractivity contribution in [2.45, 2.75) is 19.4 Å². The Labute approximate surface area is 151 Å². The number of rotatable bonds is 4. The molecule has 2 heterocycles. The zero-order valence-electron chi connectivity index (χ0n) is 14.4. The fourth-order valence-corrected chi connectivity index (χ4v) is 4.46. The first-order chi connectivity index (χ1) is 12.2. The zero-order valence-corrected chi connectivity index (χ0v) is 15.2. The van der Waals surface area contributed by atoms with Crippen LogP contribution in [0.4, 0.5) is 0 Å². The minimum absolute atomic E-state index is 0.130. The molecule has 1 aromatic heterocycles. The van der Waals surface area contributed by atoms with Gasteiger partial charge in [-0.3, -0.25) is 8.75 Å². The molecule has 0 unspecified atom stereocenters. The first-order valence-corrected chi connectivity index (χ1v) is 9.52. The Hall–Kier alpha value is -2.11. The quantitative estimate of drug-likeness (QED) is 0.704. The van der Waals surface area contributed by atoms with E-state index in [1.165, 1.54) is 12.8 Å². The Kier molecular flexibility index (Phi) is 4.59. The van der Waals surface area contributed by atoms with Crippen molar-refractivity contribution in [2.75, 3.05) is 20.1 Å². The second kappa shape index (κ2) is 7.02. The number of para-hydroxylation sites is 1. The molecule has 0 amide bonds. The second-order valence-corrected chi connectivity index (χ2v) is 7.84. The van der Waals surface area contributed by atoms with Gasteiger partial charge in [-0.05, 0) is 63.2 Å². The summed E-state index contributed by atoms with van der Waals surface area (Å²) >= 11 is 1.55. The van der Waals surface area contributed by atoms with E-state index in [9.17, 15) is 4.79 Å². The van der Waals surface area contributed by atoms with Gasteiger partial charge in [-0.25, -0.2) is 0 Å². The van der Waals surface area contributed by atoms with Crippen molar-refractivity contribution in [3.8, 4) is 11.5 Å². The Bertz CT molecular complexity index is 908. The van der Waals surface area contributed by atoms with Crippen LogP contribution in [-0.4, -0.2) is 29.0 Å². The fraction of sp³-hybridized carbons (Fsp3) is 0.350. The fourth-order valence-electron chi connectivity index (χ4n) is 3.34. The smallest absolute Gasteiger partial charge is 0.268 e. The number of piperidine rings is 1. The van der Waals surface area contributed by atoms with Crippen LogP contribution in [0, 0.1) is 5.92 Å². The third-order valence-corrected chi connectivity index (χ3v) is 5.93. The molecule has 0 spiro atoms. The Balaban J connectivity index is 1.56. The van der Waals surface area contributed by atoms with Gasteiger partial charge in [0.05, 0.1) is 10.1 Å². The molecule has 5 heteroatoms. The topological polar surface area (TPSA) is 34.5 Å². The number of likely N-dealkylation sites (tertiary alicyclic amines) is 1. The highest BCUT2D eigenvalue weighted by Crippen LogP contribution is 2.28. The molecule has 2 aromatic carbocycles. The predicted octanol–water partition coefficient (Wildman–Crippen LogP) is 4.20. The lowest BCUT2D eigenvalue weighted by atomic mass is 9.97. The number of ether oxygens (including phenoxy) is 1. The summed E-state index contributed by atoms with van der Waals surface area (Å²) in [7, 11) is 2.16. The maximum absolute atomic E-state index is 12.7. The summed E-state index contributed by atoms with van der Waals surface area (Å²) in [5.41, 5.74) is 0.130. The van der Waals surface area contributed by atoms with Crippen LogP contribution >= 0.6 is 11.5 Å². The van der Waals surface area contributed by atoms with Gasteiger partial charge >= 0.3 is 0 Å². The summed E-state index contributed by atoms with van der Waals surface area (Å²) in [6.07, 6.45) is 2.33. The third kappa shape index (κ3) is 3.62. The molecule has 3 aromatic rings. The lowest BCUT2D eigenvalue weighted by Gasteiger charge is -2.28. The van der Waals surface area contributed by atoms with E-state index in [0.29, 0.717) is 5.92 Å². The van der Waals surface area contributed by atoms with E-state index in [0.717, 1.165) is 41.2 Å². The molecule has 1 aliphatic rings. The van der Waals surface area contributed by atoms with Crippen LogP contribution in [-0.2, 0) is 6.54 Å². The minimum atomic E-state index is 0.130. The average Bonchev–Trinajstić information content (AvgIpc) is 2.93. The van der Waals surface area contributed by atoms with Gasteiger partial charge in [0.2, 0.25) is 0 Å². The highest BCUT2D eigenvalue weighted by Gasteiger charge is 2.19. The molecule has 4 rings (SSSR count). The van der Waals surface area contributed by atoms with Crippen molar-refractivity contribution >= 4 is 21.6 Å². The van der Waals surface area contributed by atoms with Crippen LogP contribution in [0.3, 0.4) is 0 Å². The number of fused-ring (bicyclic) bond motifs is 1. The van der Waals surface area contributed by atoms with Gasteiger partial charge in [0.1, 0.15) is 11.5 Å². The maximum atomic E-state index is 12.7. The highest BCUT2D eigenvalue weighted by molar-refractivity contribution is 7.13. The Morgan fingerprint density at radius 3 is 2.60 bits per heavy atom. The number of benzene rings is 2. The normalized spacial score (nSPS) is 16.4. The van der Waals surface area contributed by atoms with Crippen molar-refractivity contribution in [1.29, 1.82) is 0 Å². The number of hydrogen-bond acceptors (Lipinski definition) is 4. The molecule has 0 bridgehead atoms. The van der Waals surface area contributed by atoms with Gasteiger partial charge in [0.15, 0.2) is 0 Å². The summed E-state index contributed by atoms with van der Waals surface area (Å²) < 4.78 is 8.80. The summed E-state index contributed by atoms with van der Waals surface area (Å²) in [5, 5.41) is 0.790. The molecule has 4 nitrogen and oxygen atoms in total. The SMILES string of the molecule is CN1CCC(Cn2sc3cc(Oc4ccccc4)ccc3c2=O)CC1. The lowest BCUT2D eigenvalue weighted by molar-refractivity contribution is 0.207. The van der Waals surface area contributed by atoms with E-state index in [2.05, 4.69) is 11.9 Å². The van der Waals surface area contributed by atoms with Crippen LogP contribution in [0.2, 0.25) is 0 Å².